The zero-order valence-corrected chi connectivity index (χ0v) is 8.04. The van der Waals surface area contributed by atoms with E-state index in [0.29, 0.717) is 6.07 Å². The minimum absolute atomic E-state index is 0.0809. The van der Waals surface area contributed by atoms with Gasteiger partial charge in [0, 0.05) is 6.07 Å². The van der Waals surface area contributed by atoms with Gasteiger partial charge >= 0.3 is 0 Å². The second-order valence-electron chi connectivity index (χ2n) is 2.93. The second-order valence-corrected chi connectivity index (χ2v) is 3.41. The van der Waals surface area contributed by atoms with Crippen LogP contribution < -0.4 is 5.43 Å². The molecule has 6 heteroatoms. The highest BCUT2D eigenvalue weighted by Crippen LogP contribution is 2.19. The lowest BCUT2D eigenvalue weighted by atomic mass is 10.2. The SMILES string of the molecule is O=c1cc(S)[nH]c2c(F)c(F)c(F)cc12. The van der Waals surface area contributed by atoms with Crippen LogP contribution in [0, 0.1) is 17.5 Å². The van der Waals surface area contributed by atoms with E-state index in [1.54, 1.807) is 0 Å². The van der Waals surface area contributed by atoms with Crippen molar-refractivity contribution in [3.8, 4) is 0 Å². The molecule has 0 radical (unpaired) electrons. The van der Waals surface area contributed by atoms with Crippen LogP contribution in [0.5, 0.6) is 0 Å². The largest absolute Gasteiger partial charge is 0.347 e. The first kappa shape index (κ1) is 10.1. The number of nitrogens with one attached hydrogen (secondary N) is 1. The molecule has 1 N–H and O–H groups in total. The van der Waals surface area contributed by atoms with Crippen molar-refractivity contribution in [2.75, 3.05) is 0 Å². The van der Waals surface area contributed by atoms with Gasteiger partial charge in [-0.05, 0) is 6.07 Å². The van der Waals surface area contributed by atoms with Crippen molar-refractivity contribution in [1.82, 2.24) is 4.98 Å². The van der Waals surface area contributed by atoms with Gasteiger partial charge in [-0.15, -0.1) is 12.6 Å². The highest BCUT2D eigenvalue weighted by molar-refractivity contribution is 7.80. The van der Waals surface area contributed by atoms with Crippen LogP contribution in [0.2, 0.25) is 0 Å². The fraction of sp³-hybridized carbons (Fsp3) is 0. The average molecular weight is 231 g/mol. The maximum Gasteiger partial charge on any atom is 0.196 e. The highest BCUT2D eigenvalue weighted by Gasteiger charge is 2.15. The topological polar surface area (TPSA) is 32.9 Å². The number of rotatable bonds is 0. The molecule has 2 rings (SSSR count). The van der Waals surface area contributed by atoms with Crippen LogP contribution in [0.1, 0.15) is 0 Å². The number of aromatic amines is 1. The first-order valence-corrected chi connectivity index (χ1v) is 4.35. The number of hydrogen-bond donors (Lipinski definition) is 2. The Morgan fingerprint density at radius 2 is 1.80 bits per heavy atom. The quantitative estimate of drug-likeness (QED) is 0.529. The molecule has 1 heterocycles. The Labute approximate surface area is 87.1 Å². The number of thiol groups is 1. The molecule has 0 spiro atoms. The van der Waals surface area contributed by atoms with Gasteiger partial charge in [0.15, 0.2) is 22.9 Å². The monoisotopic (exact) mass is 231 g/mol. The highest BCUT2D eigenvalue weighted by atomic mass is 32.1. The van der Waals surface area contributed by atoms with Crippen LogP contribution in [0.4, 0.5) is 13.2 Å². The van der Waals surface area contributed by atoms with Crippen molar-refractivity contribution in [3.05, 3.63) is 39.8 Å². The molecule has 0 bridgehead atoms. The minimum atomic E-state index is -1.61. The normalized spacial score (nSPS) is 10.9. The van der Waals surface area contributed by atoms with Crippen LogP contribution in [0.25, 0.3) is 10.9 Å². The first-order valence-electron chi connectivity index (χ1n) is 3.90. The summed E-state index contributed by atoms with van der Waals surface area (Å²) in [5.41, 5.74) is -1.00. The summed E-state index contributed by atoms with van der Waals surface area (Å²) in [5.74, 6) is -4.42. The van der Waals surface area contributed by atoms with E-state index in [9.17, 15) is 18.0 Å². The van der Waals surface area contributed by atoms with E-state index in [1.165, 1.54) is 0 Å². The van der Waals surface area contributed by atoms with Gasteiger partial charge in [-0.2, -0.15) is 0 Å². The fourth-order valence-corrected chi connectivity index (χ4v) is 1.51. The summed E-state index contributed by atoms with van der Waals surface area (Å²) in [7, 11) is 0. The van der Waals surface area contributed by atoms with Gasteiger partial charge in [-0.3, -0.25) is 4.79 Å². The third kappa shape index (κ3) is 1.50. The van der Waals surface area contributed by atoms with Crippen molar-refractivity contribution in [2.24, 2.45) is 0 Å². The van der Waals surface area contributed by atoms with Gasteiger partial charge in [0.05, 0.1) is 15.9 Å². The Kier molecular flexibility index (Phi) is 2.22. The third-order valence-electron chi connectivity index (χ3n) is 1.95. The number of H-pyrrole nitrogens is 1. The molecule has 0 saturated carbocycles. The molecule has 0 aliphatic rings. The van der Waals surface area contributed by atoms with Crippen LogP contribution >= 0.6 is 12.6 Å². The molecule has 0 aliphatic heterocycles. The summed E-state index contributed by atoms with van der Waals surface area (Å²) in [6, 6.07) is 1.71. The molecule has 15 heavy (non-hydrogen) atoms. The fourth-order valence-electron chi connectivity index (χ4n) is 1.28. The number of aromatic nitrogens is 1. The van der Waals surface area contributed by atoms with Crippen LogP contribution in [0.15, 0.2) is 22.0 Å². The second kappa shape index (κ2) is 3.30. The van der Waals surface area contributed by atoms with E-state index < -0.39 is 22.9 Å². The van der Waals surface area contributed by atoms with Crippen molar-refractivity contribution >= 4 is 23.5 Å². The number of hydrogen-bond acceptors (Lipinski definition) is 2. The summed E-state index contributed by atoms with van der Waals surface area (Å²) in [6.07, 6.45) is 0. The Morgan fingerprint density at radius 3 is 2.47 bits per heavy atom. The standard InChI is InChI=1S/C9H4F3NOS/c10-4-1-3-5(14)2-6(15)13-9(3)8(12)7(4)11/h1-2H,(H2,13,14,15). The molecule has 78 valence electrons. The van der Waals surface area contributed by atoms with Gasteiger partial charge in [-0.1, -0.05) is 0 Å². The van der Waals surface area contributed by atoms with E-state index in [0.717, 1.165) is 6.07 Å². The lowest BCUT2D eigenvalue weighted by Gasteiger charge is -2.02. The van der Waals surface area contributed by atoms with E-state index in [1.807, 2.05) is 0 Å². The molecule has 0 unspecified atom stereocenters. The summed E-state index contributed by atoms with van der Waals surface area (Å²) in [4.78, 5) is 13.6. The predicted molar refractivity (Wildman–Crippen MR) is 51.7 cm³/mol. The molecule has 0 aliphatic carbocycles. The number of pyridine rings is 1. The molecule has 0 amide bonds. The van der Waals surface area contributed by atoms with Crippen LogP contribution in [-0.2, 0) is 0 Å². The summed E-state index contributed by atoms with van der Waals surface area (Å²) >= 11 is 3.80. The lowest BCUT2D eigenvalue weighted by molar-refractivity contribution is 0.452. The molecule has 1 aromatic carbocycles. The minimum Gasteiger partial charge on any atom is -0.347 e. The molecule has 2 aromatic rings. The predicted octanol–water partition coefficient (Wildman–Crippen LogP) is 2.23. The molecular weight excluding hydrogens is 227 g/mol. The van der Waals surface area contributed by atoms with E-state index >= 15 is 0 Å². The van der Waals surface area contributed by atoms with Gasteiger partial charge in [0.1, 0.15) is 0 Å². The molecule has 0 fully saturated rings. The smallest absolute Gasteiger partial charge is 0.196 e. The number of fused-ring (bicyclic) bond motifs is 1. The van der Waals surface area contributed by atoms with Crippen LogP contribution in [0.3, 0.4) is 0 Å². The van der Waals surface area contributed by atoms with Crippen molar-refractivity contribution in [2.45, 2.75) is 5.03 Å². The van der Waals surface area contributed by atoms with Gasteiger partial charge in [0.25, 0.3) is 0 Å². The molecule has 1 aromatic heterocycles. The maximum atomic E-state index is 13.2. The maximum absolute atomic E-state index is 13.2. The molecule has 0 saturated heterocycles. The molecule has 0 atom stereocenters. The summed E-state index contributed by atoms with van der Waals surface area (Å²) in [5, 5.41) is -0.165. The zero-order valence-electron chi connectivity index (χ0n) is 7.14. The lowest BCUT2D eigenvalue weighted by Crippen LogP contribution is -2.05. The van der Waals surface area contributed by atoms with Crippen molar-refractivity contribution in [3.63, 3.8) is 0 Å². The number of benzene rings is 1. The Morgan fingerprint density at radius 1 is 1.13 bits per heavy atom. The van der Waals surface area contributed by atoms with Crippen molar-refractivity contribution in [1.29, 1.82) is 0 Å². The summed E-state index contributed by atoms with van der Waals surface area (Å²) < 4.78 is 38.8. The Bertz CT molecular complexity index is 608. The van der Waals surface area contributed by atoms with Gasteiger partial charge < -0.3 is 4.98 Å². The van der Waals surface area contributed by atoms with Gasteiger partial charge in [0.2, 0.25) is 0 Å². The Balaban J connectivity index is 3.05. The van der Waals surface area contributed by atoms with E-state index in [-0.39, 0.29) is 15.9 Å². The van der Waals surface area contributed by atoms with E-state index in [4.69, 9.17) is 0 Å². The van der Waals surface area contributed by atoms with E-state index in [2.05, 4.69) is 17.6 Å². The molecule has 2 nitrogen and oxygen atoms in total. The summed E-state index contributed by atoms with van der Waals surface area (Å²) in [6.45, 7) is 0. The first-order chi connectivity index (χ1) is 7.00. The number of halogens is 3. The molecular formula is C9H4F3NOS. The zero-order chi connectivity index (χ0) is 11.2. The Hall–Kier alpha value is -1.43. The van der Waals surface area contributed by atoms with Crippen molar-refractivity contribution < 1.29 is 13.2 Å². The average Bonchev–Trinajstić information content (AvgIpc) is 2.17. The van der Waals surface area contributed by atoms with Gasteiger partial charge in [-0.25, -0.2) is 13.2 Å². The third-order valence-corrected chi connectivity index (χ3v) is 2.19. The van der Waals surface area contributed by atoms with Crippen LogP contribution in [-0.4, -0.2) is 4.98 Å².